The van der Waals surface area contributed by atoms with Gasteiger partial charge in [-0.3, -0.25) is 0 Å². The summed E-state index contributed by atoms with van der Waals surface area (Å²) < 4.78 is 3.85. The molecule has 0 saturated carbocycles. The van der Waals surface area contributed by atoms with Crippen molar-refractivity contribution in [3.8, 4) is 0 Å². The summed E-state index contributed by atoms with van der Waals surface area (Å²) in [7, 11) is 0. The van der Waals surface area contributed by atoms with Crippen molar-refractivity contribution in [1.29, 1.82) is 0 Å². The predicted molar refractivity (Wildman–Crippen MR) is 90.1 cm³/mol. The van der Waals surface area contributed by atoms with Crippen molar-refractivity contribution in [1.82, 2.24) is 0 Å². The fourth-order valence-corrected chi connectivity index (χ4v) is 26.5. The van der Waals surface area contributed by atoms with Crippen LogP contribution in [0.4, 0.5) is 0 Å². The van der Waals surface area contributed by atoms with Crippen LogP contribution in [0.15, 0.2) is 41.0 Å². The first kappa shape index (κ1) is 22.6. The zero-order valence-electron chi connectivity index (χ0n) is 15.1. The molecule has 4 heteroatoms. The average Bonchev–Trinajstić information content (AvgIpc) is 2.72. The van der Waals surface area contributed by atoms with E-state index in [1.807, 2.05) is 6.56 Å². The molecule has 0 amide bonds. The maximum absolute atomic E-state index is 2.61. The van der Waals surface area contributed by atoms with Crippen molar-refractivity contribution in [2.75, 3.05) is 0 Å². The van der Waals surface area contributed by atoms with E-state index in [2.05, 4.69) is 66.8 Å². The van der Waals surface area contributed by atoms with Crippen LogP contribution in [0.5, 0.6) is 0 Å². The summed E-state index contributed by atoms with van der Waals surface area (Å²) in [6, 6.07) is 0. The van der Waals surface area contributed by atoms with E-state index >= 15 is 0 Å². The van der Waals surface area contributed by atoms with Crippen LogP contribution in [0.25, 0.3) is 0 Å². The third-order valence-corrected chi connectivity index (χ3v) is 25.3. The molecule has 0 aromatic carbocycles. The Morgan fingerprint density at radius 3 is 1.27 bits per heavy atom. The fraction of sp³-hybridized carbons (Fsp3) is 0.556. The Bertz CT molecular complexity index is 509. The molecule has 0 radical (unpaired) electrons. The van der Waals surface area contributed by atoms with Gasteiger partial charge in [0, 0.05) is 0 Å². The minimum Gasteiger partial charge on any atom is -1.00 e. The molecule has 0 heterocycles. The minimum atomic E-state index is -1.62. The van der Waals surface area contributed by atoms with Gasteiger partial charge in [-0.2, -0.15) is 0 Å². The van der Waals surface area contributed by atoms with Crippen molar-refractivity contribution < 1.29 is 45.7 Å². The normalized spacial score (nSPS) is 24.2. The van der Waals surface area contributed by atoms with Gasteiger partial charge in [0.2, 0.25) is 0 Å². The molecule has 2 aliphatic rings. The van der Waals surface area contributed by atoms with E-state index in [0.717, 1.165) is 0 Å². The molecule has 22 heavy (non-hydrogen) atoms. The summed E-state index contributed by atoms with van der Waals surface area (Å²) >= 11 is -1.62. The summed E-state index contributed by atoms with van der Waals surface area (Å²) in [4.78, 5) is 0. The monoisotopic (exact) mass is 433 g/mol. The maximum Gasteiger partial charge on any atom is -1.00 e. The van der Waals surface area contributed by atoms with Gasteiger partial charge in [-0.05, 0) is 0 Å². The van der Waals surface area contributed by atoms with Crippen molar-refractivity contribution >= 4 is 5.92 Å². The van der Waals surface area contributed by atoms with Gasteiger partial charge >= 0.3 is 134 Å². The van der Waals surface area contributed by atoms with E-state index in [-0.39, 0.29) is 24.8 Å². The molecule has 0 bridgehead atoms. The molecule has 0 fully saturated rings. The van der Waals surface area contributed by atoms with E-state index in [0.29, 0.717) is 11.8 Å². The minimum absolute atomic E-state index is 0. The first-order chi connectivity index (χ1) is 9.25. The Morgan fingerprint density at radius 1 is 0.773 bits per heavy atom. The van der Waals surface area contributed by atoms with Gasteiger partial charge < -0.3 is 24.8 Å². The molecule has 0 unspecified atom stereocenters. The van der Waals surface area contributed by atoms with Gasteiger partial charge in [0.05, 0.1) is 0 Å². The van der Waals surface area contributed by atoms with Crippen LogP contribution in [0.2, 0.25) is 13.1 Å². The average molecular weight is 436 g/mol. The van der Waals surface area contributed by atoms with Gasteiger partial charge in [0.15, 0.2) is 0 Å². The number of rotatable bonds is 3. The molecule has 2 atom stereocenters. The molecule has 0 N–H and O–H groups in total. The Hall–Kier alpha value is 0.640. The second kappa shape index (κ2) is 8.65. The van der Waals surface area contributed by atoms with Crippen LogP contribution in [0.3, 0.4) is 0 Å². The molecule has 123 valence electrons. The van der Waals surface area contributed by atoms with E-state index < -0.39 is 26.8 Å². The van der Waals surface area contributed by atoms with Crippen molar-refractivity contribution in [3.05, 3.63) is 41.0 Å². The SMILES string of the molecule is CC1=C[C@@H](C)[C]([Zr+2]([C]2=C(C)C(C)=C[C@@H]2C)[SiH](C)C)=C1C.[Cl-].[Cl-]. The zero-order chi connectivity index (χ0) is 15.2. The quantitative estimate of drug-likeness (QED) is 0.517. The van der Waals surface area contributed by atoms with Crippen LogP contribution in [0.1, 0.15) is 41.5 Å². The number of hydrogen-bond acceptors (Lipinski definition) is 0. The Labute approximate surface area is 158 Å². The van der Waals surface area contributed by atoms with Crippen molar-refractivity contribution in [3.63, 3.8) is 0 Å². The Kier molecular flexibility index (Phi) is 8.90. The number of halogens is 2. The van der Waals surface area contributed by atoms with Crippen molar-refractivity contribution in [2.24, 2.45) is 11.8 Å². The molecule has 0 nitrogen and oxygen atoms in total. The molecule has 2 rings (SSSR count). The van der Waals surface area contributed by atoms with Gasteiger partial charge in [0.25, 0.3) is 0 Å². The van der Waals surface area contributed by atoms with E-state index in [4.69, 9.17) is 0 Å². The standard InChI is InChI=1S/2C8H11.C2H7Si.2ClH.Zr/c2*1-6-4-7(2)8(3)5-6;1-3-2;;;/h2*4,6H,1-3H3;3H,1-2H3;2*1H;/q;;;;;+2/p-2/t2*6-;;;;/m10..../s1. The van der Waals surface area contributed by atoms with Crippen molar-refractivity contribution in [2.45, 2.75) is 54.6 Å². The summed E-state index contributed by atoms with van der Waals surface area (Å²) in [6.45, 7) is 19.5. The van der Waals surface area contributed by atoms with Crippen LogP contribution in [0, 0.1) is 11.8 Å². The predicted octanol–water partition coefficient (Wildman–Crippen LogP) is -0.664. The molecular weight excluding hydrogens is 406 g/mol. The summed E-state index contributed by atoms with van der Waals surface area (Å²) in [5.41, 5.74) is 6.41. The molecule has 0 saturated heterocycles. The summed E-state index contributed by atoms with van der Waals surface area (Å²) in [5.74, 6) is 0.845. The molecular formula is C18H29Cl2SiZr. The summed E-state index contributed by atoms with van der Waals surface area (Å²) in [6.07, 6.45) is 5.02. The first-order valence-corrected chi connectivity index (χ1v) is 17.5. The van der Waals surface area contributed by atoms with Crippen LogP contribution >= 0.6 is 0 Å². The van der Waals surface area contributed by atoms with Crippen LogP contribution in [-0.2, 0) is 20.9 Å². The summed E-state index contributed by atoms with van der Waals surface area (Å²) in [5, 5.41) is 0. The largest absolute Gasteiger partial charge is 1.00 e. The molecule has 0 aromatic heterocycles. The van der Waals surface area contributed by atoms with Gasteiger partial charge in [-0.15, -0.1) is 0 Å². The topological polar surface area (TPSA) is 0 Å². The second-order valence-electron chi connectivity index (χ2n) is 6.92. The third kappa shape index (κ3) is 4.00. The Morgan fingerprint density at radius 2 is 1.09 bits per heavy atom. The van der Waals surface area contributed by atoms with Gasteiger partial charge in [0.1, 0.15) is 0 Å². The molecule has 0 aliphatic heterocycles. The molecule has 0 aromatic rings. The van der Waals surface area contributed by atoms with E-state index in [1.54, 1.807) is 22.3 Å². The maximum atomic E-state index is 2.61. The number of hydrogen-bond donors (Lipinski definition) is 0. The van der Waals surface area contributed by atoms with E-state index in [1.165, 1.54) is 0 Å². The van der Waals surface area contributed by atoms with Gasteiger partial charge in [-0.25, -0.2) is 0 Å². The third-order valence-electron chi connectivity index (χ3n) is 5.06. The smallest absolute Gasteiger partial charge is 1.00 e. The number of allylic oxidation sites excluding steroid dienone is 8. The van der Waals surface area contributed by atoms with Crippen LogP contribution < -0.4 is 24.8 Å². The zero-order valence-corrected chi connectivity index (χ0v) is 20.3. The second-order valence-corrected chi connectivity index (χ2v) is 25.8. The first-order valence-electron chi connectivity index (χ1n) is 7.92. The molecule has 2 aliphatic carbocycles. The molecule has 0 spiro atoms. The van der Waals surface area contributed by atoms with Gasteiger partial charge in [-0.1, -0.05) is 0 Å². The Balaban J connectivity index is 0.00000220. The van der Waals surface area contributed by atoms with Crippen LogP contribution in [-0.4, -0.2) is 5.92 Å². The van der Waals surface area contributed by atoms with E-state index in [9.17, 15) is 0 Å². The fourth-order valence-electron chi connectivity index (χ4n) is 3.94.